The highest BCUT2D eigenvalue weighted by molar-refractivity contribution is 5.91. The van der Waals surface area contributed by atoms with Gasteiger partial charge < -0.3 is 14.8 Å². The molecule has 1 rings (SSSR count). The Morgan fingerprint density at radius 1 is 1.27 bits per heavy atom. The van der Waals surface area contributed by atoms with Crippen LogP contribution in [0.2, 0.25) is 0 Å². The van der Waals surface area contributed by atoms with Crippen molar-refractivity contribution in [2.75, 3.05) is 20.3 Å². The fourth-order valence-corrected chi connectivity index (χ4v) is 2.20. The van der Waals surface area contributed by atoms with Crippen LogP contribution < -0.4 is 10.1 Å². The number of hydrogen-bond acceptors (Lipinski definition) is 3. The Morgan fingerprint density at radius 2 is 1.95 bits per heavy atom. The lowest BCUT2D eigenvalue weighted by atomic mass is 10.0. The standard InChI is InChI=1S/C18H27NO3/c1-5-22-17-9-6-15(7-10-17)8-11-18(20)19-16(13-21-4)12-14(2)3/h6-11,14,16H,5,12-13H2,1-4H3,(H,19,20)/t16-/m1/s1. The van der Waals surface area contributed by atoms with Gasteiger partial charge in [0.1, 0.15) is 5.75 Å². The molecule has 1 amide bonds. The third kappa shape index (κ3) is 7.27. The van der Waals surface area contributed by atoms with Crippen molar-refractivity contribution >= 4 is 12.0 Å². The van der Waals surface area contributed by atoms with Crippen LogP contribution in [-0.4, -0.2) is 32.3 Å². The van der Waals surface area contributed by atoms with Crippen LogP contribution in [-0.2, 0) is 9.53 Å². The number of carbonyl (C=O) groups is 1. The first-order valence-corrected chi connectivity index (χ1v) is 7.75. The van der Waals surface area contributed by atoms with Crippen LogP contribution in [0.4, 0.5) is 0 Å². The lowest BCUT2D eigenvalue weighted by Gasteiger charge is -2.18. The van der Waals surface area contributed by atoms with E-state index < -0.39 is 0 Å². The number of amides is 1. The monoisotopic (exact) mass is 305 g/mol. The number of nitrogens with one attached hydrogen (secondary N) is 1. The molecular weight excluding hydrogens is 278 g/mol. The Balaban J connectivity index is 2.54. The van der Waals surface area contributed by atoms with Crippen LogP contribution in [0.15, 0.2) is 30.3 Å². The Hall–Kier alpha value is -1.81. The molecule has 122 valence electrons. The van der Waals surface area contributed by atoms with Gasteiger partial charge in [0.15, 0.2) is 0 Å². The predicted molar refractivity (Wildman–Crippen MR) is 89.9 cm³/mol. The fourth-order valence-electron chi connectivity index (χ4n) is 2.20. The fraction of sp³-hybridized carbons (Fsp3) is 0.500. The molecule has 4 heteroatoms. The summed E-state index contributed by atoms with van der Waals surface area (Å²) in [6, 6.07) is 7.69. The number of carbonyl (C=O) groups excluding carboxylic acids is 1. The van der Waals surface area contributed by atoms with E-state index in [-0.39, 0.29) is 11.9 Å². The quantitative estimate of drug-likeness (QED) is 0.712. The Kier molecular flexibility index (Phi) is 8.30. The number of rotatable bonds is 9. The maximum atomic E-state index is 12.0. The van der Waals surface area contributed by atoms with E-state index in [0.29, 0.717) is 19.1 Å². The van der Waals surface area contributed by atoms with Gasteiger partial charge in [0, 0.05) is 13.2 Å². The molecule has 0 heterocycles. The normalized spacial score (nSPS) is 12.6. The summed E-state index contributed by atoms with van der Waals surface area (Å²) in [5.41, 5.74) is 0.964. The molecule has 4 nitrogen and oxygen atoms in total. The van der Waals surface area contributed by atoms with Gasteiger partial charge >= 0.3 is 0 Å². The summed E-state index contributed by atoms with van der Waals surface area (Å²) in [5.74, 6) is 1.24. The van der Waals surface area contributed by atoms with E-state index in [4.69, 9.17) is 9.47 Å². The minimum absolute atomic E-state index is 0.0440. The predicted octanol–water partition coefficient (Wildman–Crippen LogP) is 3.28. The van der Waals surface area contributed by atoms with Gasteiger partial charge in [-0.05, 0) is 43.0 Å². The molecule has 0 saturated carbocycles. The summed E-state index contributed by atoms with van der Waals surface area (Å²) in [7, 11) is 1.65. The van der Waals surface area contributed by atoms with E-state index in [2.05, 4.69) is 19.2 Å². The molecule has 0 saturated heterocycles. The van der Waals surface area contributed by atoms with Crippen molar-refractivity contribution in [1.29, 1.82) is 0 Å². The van der Waals surface area contributed by atoms with Crippen LogP contribution in [0, 0.1) is 5.92 Å². The van der Waals surface area contributed by atoms with Gasteiger partial charge in [-0.25, -0.2) is 0 Å². The number of benzene rings is 1. The molecule has 0 aliphatic rings. The minimum atomic E-state index is -0.100. The van der Waals surface area contributed by atoms with Gasteiger partial charge in [-0.15, -0.1) is 0 Å². The highest BCUT2D eigenvalue weighted by Gasteiger charge is 2.12. The first-order chi connectivity index (χ1) is 10.5. The van der Waals surface area contributed by atoms with Crippen molar-refractivity contribution < 1.29 is 14.3 Å². The molecule has 0 aliphatic carbocycles. The summed E-state index contributed by atoms with van der Waals surface area (Å²) in [6.07, 6.45) is 4.25. The Labute approximate surface area is 133 Å². The van der Waals surface area contributed by atoms with Crippen molar-refractivity contribution in [2.24, 2.45) is 5.92 Å². The molecule has 0 fully saturated rings. The summed E-state index contributed by atoms with van der Waals surface area (Å²) in [4.78, 5) is 12.0. The summed E-state index contributed by atoms with van der Waals surface area (Å²) < 4.78 is 10.5. The van der Waals surface area contributed by atoms with E-state index in [9.17, 15) is 4.79 Å². The van der Waals surface area contributed by atoms with Crippen molar-refractivity contribution in [1.82, 2.24) is 5.32 Å². The van der Waals surface area contributed by atoms with Crippen molar-refractivity contribution in [2.45, 2.75) is 33.2 Å². The zero-order valence-electron chi connectivity index (χ0n) is 14.0. The maximum absolute atomic E-state index is 12.0. The third-order valence-corrected chi connectivity index (χ3v) is 3.09. The molecule has 1 atom stereocenters. The average Bonchev–Trinajstić information content (AvgIpc) is 2.46. The summed E-state index contributed by atoms with van der Waals surface area (Å²) >= 11 is 0. The molecule has 1 aromatic carbocycles. The van der Waals surface area contributed by atoms with E-state index in [1.807, 2.05) is 31.2 Å². The molecule has 22 heavy (non-hydrogen) atoms. The van der Waals surface area contributed by atoms with Gasteiger partial charge in [0.2, 0.25) is 5.91 Å². The molecular formula is C18H27NO3. The van der Waals surface area contributed by atoms with Gasteiger partial charge in [0.25, 0.3) is 0 Å². The van der Waals surface area contributed by atoms with E-state index >= 15 is 0 Å². The molecule has 1 N–H and O–H groups in total. The highest BCUT2D eigenvalue weighted by Crippen LogP contribution is 2.13. The second kappa shape index (κ2) is 10.0. The van der Waals surface area contributed by atoms with Crippen LogP contribution in [0.25, 0.3) is 6.08 Å². The Morgan fingerprint density at radius 3 is 2.50 bits per heavy atom. The minimum Gasteiger partial charge on any atom is -0.494 e. The number of ether oxygens (including phenoxy) is 2. The molecule has 0 spiro atoms. The molecule has 0 unspecified atom stereocenters. The zero-order valence-corrected chi connectivity index (χ0v) is 14.0. The SMILES string of the molecule is CCOc1ccc(C=CC(=O)N[C@@H](COC)CC(C)C)cc1. The zero-order chi connectivity index (χ0) is 16.4. The Bertz CT molecular complexity index is 466. The van der Waals surface area contributed by atoms with Crippen LogP contribution in [0.3, 0.4) is 0 Å². The maximum Gasteiger partial charge on any atom is 0.244 e. The summed E-state index contributed by atoms with van der Waals surface area (Å²) in [5, 5.41) is 2.98. The van der Waals surface area contributed by atoms with Crippen molar-refractivity contribution in [3.63, 3.8) is 0 Å². The molecule has 0 aliphatic heterocycles. The molecule has 0 bridgehead atoms. The number of hydrogen-bond donors (Lipinski definition) is 1. The van der Waals surface area contributed by atoms with E-state index in [1.165, 1.54) is 0 Å². The van der Waals surface area contributed by atoms with Gasteiger partial charge in [-0.2, -0.15) is 0 Å². The molecule has 0 aromatic heterocycles. The highest BCUT2D eigenvalue weighted by atomic mass is 16.5. The first kappa shape index (κ1) is 18.2. The molecule has 0 radical (unpaired) electrons. The van der Waals surface area contributed by atoms with E-state index in [1.54, 1.807) is 19.3 Å². The topological polar surface area (TPSA) is 47.6 Å². The van der Waals surface area contributed by atoms with Crippen molar-refractivity contribution in [3.05, 3.63) is 35.9 Å². The lowest BCUT2D eigenvalue weighted by molar-refractivity contribution is -0.117. The van der Waals surface area contributed by atoms with Gasteiger partial charge in [-0.1, -0.05) is 26.0 Å². The van der Waals surface area contributed by atoms with Crippen LogP contribution in [0.1, 0.15) is 32.8 Å². The summed E-state index contributed by atoms with van der Waals surface area (Å²) in [6.45, 7) is 7.38. The van der Waals surface area contributed by atoms with Crippen LogP contribution in [0.5, 0.6) is 5.75 Å². The third-order valence-electron chi connectivity index (χ3n) is 3.09. The first-order valence-electron chi connectivity index (χ1n) is 7.75. The van der Waals surface area contributed by atoms with Crippen LogP contribution >= 0.6 is 0 Å². The second-order valence-corrected chi connectivity index (χ2v) is 5.63. The number of methoxy groups -OCH3 is 1. The van der Waals surface area contributed by atoms with Gasteiger partial charge in [-0.3, -0.25) is 4.79 Å². The smallest absolute Gasteiger partial charge is 0.244 e. The van der Waals surface area contributed by atoms with E-state index in [0.717, 1.165) is 17.7 Å². The lowest BCUT2D eigenvalue weighted by Crippen LogP contribution is -2.38. The van der Waals surface area contributed by atoms with Gasteiger partial charge in [0.05, 0.1) is 19.3 Å². The van der Waals surface area contributed by atoms with Crippen molar-refractivity contribution in [3.8, 4) is 5.75 Å². The molecule has 1 aromatic rings. The average molecular weight is 305 g/mol. The second-order valence-electron chi connectivity index (χ2n) is 5.63. The largest absolute Gasteiger partial charge is 0.494 e.